The summed E-state index contributed by atoms with van der Waals surface area (Å²) < 4.78 is 6.20. The van der Waals surface area contributed by atoms with Gasteiger partial charge in [0.25, 0.3) is 0 Å². The van der Waals surface area contributed by atoms with Gasteiger partial charge in [0.2, 0.25) is 5.91 Å². The first kappa shape index (κ1) is 16.0. The molecule has 0 aliphatic rings. The Kier molecular flexibility index (Phi) is 5.38. The van der Waals surface area contributed by atoms with Crippen LogP contribution in [0.15, 0.2) is 16.6 Å². The Labute approximate surface area is 122 Å². The van der Waals surface area contributed by atoms with Crippen LogP contribution in [0.1, 0.15) is 32.3 Å². The molecule has 3 N–H and O–H groups in total. The maximum atomic E-state index is 12.2. The number of nitrogens with one attached hydrogen (secondary N) is 1. The molecule has 19 heavy (non-hydrogen) atoms. The monoisotopic (exact) mass is 328 g/mol. The number of aryl methyl sites for hydroxylation is 1. The van der Waals surface area contributed by atoms with Crippen LogP contribution in [-0.4, -0.2) is 18.6 Å². The second-order valence-corrected chi connectivity index (χ2v) is 5.84. The Morgan fingerprint density at radius 2 is 2.16 bits per heavy atom. The average molecular weight is 329 g/mol. The summed E-state index contributed by atoms with van der Waals surface area (Å²) in [4.78, 5) is 12.2. The Bertz CT molecular complexity index is 473. The molecule has 0 aromatic heterocycles. The molecule has 0 spiro atoms. The second-order valence-electron chi connectivity index (χ2n) is 4.92. The molecule has 1 amide bonds. The van der Waals surface area contributed by atoms with Gasteiger partial charge in [0, 0.05) is 4.47 Å². The van der Waals surface area contributed by atoms with Crippen LogP contribution in [0, 0.1) is 6.92 Å². The number of halogens is 1. The number of hydrogen-bond acceptors (Lipinski definition) is 3. The van der Waals surface area contributed by atoms with Gasteiger partial charge in [0.05, 0.1) is 18.3 Å². The minimum atomic E-state index is -0.876. The number of carbonyl (C=O) groups is 1. The number of methoxy groups -OCH3 is 1. The van der Waals surface area contributed by atoms with Gasteiger partial charge < -0.3 is 15.8 Å². The lowest BCUT2D eigenvalue weighted by Gasteiger charge is -2.24. The smallest absolute Gasteiger partial charge is 0.244 e. The van der Waals surface area contributed by atoms with Gasteiger partial charge in [0.1, 0.15) is 5.75 Å². The molecule has 4 nitrogen and oxygen atoms in total. The van der Waals surface area contributed by atoms with Crippen LogP contribution in [0.3, 0.4) is 0 Å². The third kappa shape index (κ3) is 3.94. The van der Waals surface area contributed by atoms with E-state index in [1.807, 2.05) is 26.0 Å². The molecule has 1 aromatic carbocycles. The van der Waals surface area contributed by atoms with Gasteiger partial charge in [-0.25, -0.2) is 0 Å². The number of amides is 1. The van der Waals surface area contributed by atoms with E-state index in [0.29, 0.717) is 17.9 Å². The molecule has 0 bridgehead atoms. The Morgan fingerprint density at radius 3 is 2.68 bits per heavy atom. The van der Waals surface area contributed by atoms with Crippen molar-refractivity contribution in [3.05, 3.63) is 22.2 Å². The van der Waals surface area contributed by atoms with Crippen LogP contribution in [0.5, 0.6) is 5.75 Å². The third-order valence-electron chi connectivity index (χ3n) is 3.01. The fourth-order valence-corrected chi connectivity index (χ4v) is 2.47. The molecule has 0 fully saturated rings. The van der Waals surface area contributed by atoms with Gasteiger partial charge in [-0.1, -0.05) is 29.3 Å². The summed E-state index contributed by atoms with van der Waals surface area (Å²) in [6.45, 7) is 5.66. The highest BCUT2D eigenvalue weighted by Crippen LogP contribution is 2.32. The first-order valence-electron chi connectivity index (χ1n) is 6.26. The van der Waals surface area contributed by atoms with Gasteiger partial charge in [-0.15, -0.1) is 0 Å². The number of ether oxygens (including phenoxy) is 1. The average Bonchev–Trinajstić information content (AvgIpc) is 2.31. The van der Waals surface area contributed by atoms with Crippen LogP contribution in [0.4, 0.5) is 5.69 Å². The number of carbonyl (C=O) groups excluding carboxylic acids is 1. The van der Waals surface area contributed by atoms with Crippen LogP contribution in [0.25, 0.3) is 0 Å². The van der Waals surface area contributed by atoms with Crippen LogP contribution in [0.2, 0.25) is 0 Å². The van der Waals surface area contributed by atoms with E-state index in [4.69, 9.17) is 10.5 Å². The maximum absolute atomic E-state index is 12.2. The Hall–Kier alpha value is -1.07. The zero-order valence-electron chi connectivity index (χ0n) is 11.8. The van der Waals surface area contributed by atoms with Gasteiger partial charge in [0.15, 0.2) is 0 Å². The van der Waals surface area contributed by atoms with Crippen LogP contribution in [-0.2, 0) is 4.79 Å². The Balaban J connectivity index is 3.03. The van der Waals surface area contributed by atoms with E-state index in [1.165, 1.54) is 0 Å². The van der Waals surface area contributed by atoms with Crippen LogP contribution >= 0.6 is 15.9 Å². The SMILES string of the molecule is CCCC(C)(N)C(=O)Nc1c(C)cc(Br)cc1OC. The van der Waals surface area contributed by atoms with Gasteiger partial charge >= 0.3 is 0 Å². The molecule has 0 aliphatic carbocycles. The quantitative estimate of drug-likeness (QED) is 0.872. The van der Waals surface area contributed by atoms with Crippen molar-refractivity contribution >= 4 is 27.5 Å². The molecule has 5 heteroatoms. The highest BCUT2D eigenvalue weighted by molar-refractivity contribution is 9.10. The van der Waals surface area contributed by atoms with Crippen molar-refractivity contribution in [1.82, 2.24) is 0 Å². The topological polar surface area (TPSA) is 64.4 Å². The zero-order valence-corrected chi connectivity index (χ0v) is 13.4. The number of benzene rings is 1. The van der Waals surface area contributed by atoms with Crippen molar-refractivity contribution < 1.29 is 9.53 Å². The molecule has 0 radical (unpaired) electrons. The summed E-state index contributed by atoms with van der Waals surface area (Å²) in [6.07, 6.45) is 1.49. The summed E-state index contributed by atoms with van der Waals surface area (Å²) in [5.74, 6) is 0.422. The Morgan fingerprint density at radius 1 is 1.53 bits per heavy atom. The van der Waals surface area contributed by atoms with E-state index in [0.717, 1.165) is 16.5 Å². The summed E-state index contributed by atoms with van der Waals surface area (Å²) in [5.41, 5.74) is 6.75. The second kappa shape index (κ2) is 6.39. The van der Waals surface area contributed by atoms with E-state index in [2.05, 4.69) is 21.2 Å². The standard InChI is InChI=1S/C14H21BrN2O2/c1-5-6-14(3,16)13(18)17-12-9(2)7-10(15)8-11(12)19-4/h7-8H,5-6,16H2,1-4H3,(H,17,18). The molecule has 1 aromatic rings. The van der Waals surface area contributed by atoms with Gasteiger partial charge in [-0.2, -0.15) is 0 Å². The molecule has 106 valence electrons. The zero-order chi connectivity index (χ0) is 14.6. The number of nitrogens with two attached hydrogens (primary N) is 1. The van der Waals surface area contributed by atoms with E-state index in [1.54, 1.807) is 14.0 Å². The summed E-state index contributed by atoms with van der Waals surface area (Å²) >= 11 is 3.40. The summed E-state index contributed by atoms with van der Waals surface area (Å²) in [7, 11) is 1.57. The minimum absolute atomic E-state index is 0.196. The van der Waals surface area contributed by atoms with Crippen molar-refractivity contribution in [2.24, 2.45) is 5.73 Å². The third-order valence-corrected chi connectivity index (χ3v) is 3.47. The predicted octanol–water partition coefficient (Wildman–Crippen LogP) is 3.22. The van der Waals surface area contributed by atoms with Crippen molar-refractivity contribution in [1.29, 1.82) is 0 Å². The summed E-state index contributed by atoms with van der Waals surface area (Å²) in [5, 5.41) is 2.87. The molecule has 0 saturated carbocycles. The van der Waals surface area contributed by atoms with E-state index >= 15 is 0 Å². The first-order valence-corrected chi connectivity index (χ1v) is 7.05. The number of anilines is 1. The van der Waals surface area contributed by atoms with E-state index in [-0.39, 0.29) is 5.91 Å². The minimum Gasteiger partial charge on any atom is -0.495 e. The predicted molar refractivity (Wildman–Crippen MR) is 81.6 cm³/mol. The molecule has 1 unspecified atom stereocenters. The lowest BCUT2D eigenvalue weighted by Crippen LogP contribution is -2.48. The highest BCUT2D eigenvalue weighted by atomic mass is 79.9. The molecule has 0 saturated heterocycles. The lowest BCUT2D eigenvalue weighted by atomic mass is 9.96. The largest absolute Gasteiger partial charge is 0.495 e. The lowest BCUT2D eigenvalue weighted by molar-refractivity contribution is -0.120. The van der Waals surface area contributed by atoms with Crippen molar-refractivity contribution in [2.45, 2.75) is 39.2 Å². The molecular weight excluding hydrogens is 308 g/mol. The summed E-state index contributed by atoms with van der Waals surface area (Å²) in [6, 6.07) is 3.74. The normalized spacial score (nSPS) is 13.8. The number of rotatable bonds is 5. The van der Waals surface area contributed by atoms with Crippen molar-refractivity contribution in [3.63, 3.8) is 0 Å². The molecule has 0 heterocycles. The fourth-order valence-electron chi connectivity index (χ4n) is 1.92. The molecule has 1 rings (SSSR count). The first-order chi connectivity index (χ1) is 8.81. The number of hydrogen-bond donors (Lipinski definition) is 2. The van der Waals surface area contributed by atoms with Crippen molar-refractivity contribution in [2.75, 3.05) is 12.4 Å². The fraction of sp³-hybridized carbons (Fsp3) is 0.500. The van der Waals surface area contributed by atoms with E-state index in [9.17, 15) is 4.79 Å². The molecule has 0 aliphatic heterocycles. The highest BCUT2D eigenvalue weighted by Gasteiger charge is 2.28. The molecule has 1 atom stereocenters. The maximum Gasteiger partial charge on any atom is 0.244 e. The van der Waals surface area contributed by atoms with Gasteiger partial charge in [-0.3, -0.25) is 4.79 Å². The molecular formula is C14H21BrN2O2. The van der Waals surface area contributed by atoms with E-state index < -0.39 is 5.54 Å². The van der Waals surface area contributed by atoms with Crippen molar-refractivity contribution in [3.8, 4) is 5.75 Å². The van der Waals surface area contributed by atoms with Gasteiger partial charge in [-0.05, 0) is 38.0 Å². The van der Waals surface area contributed by atoms with Crippen LogP contribution < -0.4 is 15.8 Å².